The van der Waals surface area contributed by atoms with Crippen LogP contribution in [0.2, 0.25) is 0 Å². The van der Waals surface area contributed by atoms with Crippen LogP contribution in [0.3, 0.4) is 0 Å². The number of fused-ring (bicyclic) bond motifs is 20. The van der Waals surface area contributed by atoms with E-state index in [1.54, 1.807) is 12.4 Å². The maximum Gasteiger partial charge on any atom is 0.306 e. The number of rotatable bonds is 14. The van der Waals surface area contributed by atoms with E-state index in [2.05, 4.69) is 73.4 Å². The van der Waals surface area contributed by atoms with E-state index in [0.717, 1.165) is 200 Å². The molecule has 15 heteroatoms. The van der Waals surface area contributed by atoms with E-state index in [0.29, 0.717) is 121 Å². The van der Waals surface area contributed by atoms with Gasteiger partial charge in [-0.3, -0.25) is 24.0 Å². The average molecular weight is 1580 g/mol. The van der Waals surface area contributed by atoms with Crippen LogP contribution in [0.15, 0.2) is 12.4 Å². The minimum Gasteiger partial charge on any atom is -0.458 e. The number of Topliss-reactive ketones (excluding diaryl/α,β-unsaturated/α-hetero) is 4. The summed E-state index contributed by atoms with van der Waals surface area (Å²) in [4.78, 5) is 64.5. The Labute approximate surface area is 691 Å². The van der Waals surface area contributed by atoms with Crippen molar-refractivity contribution in [2.24, 2.45) is 164 Å². The van der Waals surface area contributed by atoms with E-state index in [-0.39, 0.29) is 65.1 Å². The molecule has 1 aromatic rings. The maximum absolute atomic E-state index is 13.2. The number of hydrogen-bond acceptors (Lipinski definition) is 14. The molecule has 115 heavy (non-hydrogen) atoms. The van der Waals surface area contributed by atoms with Gasteiger partial charge in [0.15, 0.2) is 11.6 Å². The van der Waals surface area contributed by atoms with Gasteiger partial charge in [0.2, 0.25) is 0 Å². The molecule has 0 unspecified atom stereocenters. The molecule has 32 atom stereocenters. The summed E-state index contributed by atoms with van der Waals surface area (Å²) >= 11 is 0. The number of aliphatic hydroxyl groups is 6. The number of hydrogen-bond donors (Lipinski definition) is 6. The normalized spacial score (nSPS) is 46.4. The van der Waals surface area contributed by atoms with Crippen LogP contribution in [-0.4, -0.2) is 117 Å². The lowest BCUT2D eigenvalue weighted by atomic mass is 9.49. The summed E-state index contributed by atoms with van der Waals surface area (Å²) in [5.74, 6) is 33.5. The Kier molecular flexibility index (Phi) is 26.7. The van der Waals surface area contributed by atoms with Gasteiger partial charge in [-0.2, -0.15) is 15.0 Å². The molecular formula is C100H147N3O12. The summed E-state index contributed by atoms with van der Waals surface area (Å²) in [5.41, 5.74) is -2.77. The van der Waals surface area contributed by atoms with Crippen molar-refractivity contribution in [1.29, 1.82) is 0 Å². The van der Waals surface area contributed by atoms with Crippen molar-refractivity contribution >= 4 is 29.1 Å². The number of aromatic nitrogens is 3. The molecule has 634 valence electrons. The fourth-order valence-electron chi connectivity index (χ4n) is 32.3. The molecule has 6 N–H and O–H groups in total. The molecule has 16 aliphatic carbocycles. The molecule has 0 saturated heterocycles. The van der Waals surface area contributed by atoms with Gasteiger partial charge in [0.05, 0.1) is 25.6 Å². The number of esters is 1. The van der Waals surface area contributed by atoms with Gasteiger partial charge in [-0.1, -0.05) is 84.0 Å². The fraction of sp³-hybridized carbons (Fsp3) is 0.850. The molecule has 1 heterocycles. The molecular weight excluding hydrogens is 1440 g/mol. The van der Waals surface area contributed by atoms with Crippen molar-refractivity contribution in [2.75, 3.05) is 19.8 Å². The van der Waals surface area contributed by atoms with Crippen molar-refractivity contribution in [3.05, 3.63) is 12.4 Å². The van der Waals surface area contributed by atoms with Gasteiger partial charge < -0.3 is 35.4 Å². The van der Waals surface area contributed by atoms with Gasteiger partial charge in [-0.05, 0) is 378 Å². The van der Waals surface area contributed by atoms with E-state index in [1.165, 1.54) is 108 Å². The van der Waals surface area contributed by atoms with Crippen LogP contribution in [0.25, 0.3) is 0 Å². The number of carbonyl (C=O) groups is 5. The van der Waals surface area contributed by atoms with Crippen LogP contribution in [0.1, 0.15) is 318 Å². The van der Waals surface area contributed by atoms with Crippen LogP contribution in [0.4, 0.5) is 0 Å². The van der Waals surface area contributed by atoms with E-state index in [4.69, 9.17) is 27.8 Å². The summed E-state index contributed by atoms with van der Waals surface area (Å²) in [6, 6.07) is 0. The first-order valence-electron chi connectivity index (χ1n) is 47.3. The first-order valence-corrected chi connectivity index (χ1v) is 47.3. The van der Waals surface area contributed by atoms with Crippen molar-refractivity contribution < 1.29 is 59.3 Å². The minimum absolute atomic E-state index is 0.0356. The molecule has 0 amide bonds. The Bertz CT molecular complexity index is 3840. The third-order valence-corrected chi connectivity index (χ3v) is 37.5. The fourth-order valence-corrected chi connectivity index (χ4v) is 32.3. The maximum atomic E-state index is 13.2. The third kappa shape index (κ3) is 17.0. The molecule has 0 bridgehead atoms. The highest BCUT2D eigenvalue weighted by atomic mass is 16.5. The molecule has 16 saturated carbocycles. The van der Waals surface area contributed by atoms with Crippen LogP contribution in [0.5, 0.6) is 0 Å². The topological polar surface area (TPSA) is 247 Å². The van der Waals surface area contributed by atoms with Crippen molar-refractivity contribution in [1.82, 2.24) is 15.0 Å². The van der Waals surface area contributed by atoms with E-state index < -0.39 is 22.4 Å². The van der Waals surface area contributed by atoms with Gasteiger partial charge >= 0.3 is 5.97 Å². The third-order valence-electron chi connectivity index (χ3n) is 37.5. The standard InChI is InChI=1S/C26H37N3O3.C26H38O4.C25H38O3.C23H34O2/c1-25-11-8-20-19-9-12-26(32,10-2-3-15-30)16-18(19)4-5-21(20)22(25)6-7-23(25)24(31)17-29-27-13-14-28-29;1-4-6-24(28)30-16-23(27)22-10-9-21-20-8-7-17-15-26(29,5-2)14-12-18(17)19(20)11-13-25(21,22)3;1-3-23(27)22-9-8-21-20-7-6-17-16-25(28,12-4-5-15-26)14-11-18(17)19(20)10-13-24(21,22)2;1-4-21(24)20-9-8-19-18-7-6-15-14-23(25,5-2)13-11-16(15)17(18)10-12-22(19,20)3/h13-14,18-23,30,32H,3-9,11-12,15-17H2,1H3;2,17-22,29H,4,6-16H2,1,3H3;17-22,26,28H,3,5-11,13-16H2,1-2H3;2,15-20,25H,4,6-14H2,1,3H3/t18-,19+,20-,21-,22+,23-,25+,26-;17-,18+,19-,20-,21+,22-,25+,26-;17-,18+,19-,20-,21+,22-,24+,25-;15-,16+,17-,18-,19+,20-,22+,23-/m1111/s1. The first kappa shape index (κ1) is 86.7. The Balaban J connectivity index is 0.000000127. The second-order valence-corrected chi connectivity index (χ2v) is 42.4. The SMILES string of the molecule is C#C[C@@]1(O)CC[C@H]2[C@H](CC[C@@H]3[C@@H]2CC[C@]2(C)[C@@H](C(=O)CC)CC[C@@H]32)C1.C#C[C@@]1(O)CC[C@H]2[C@H](CC[C@@H]3[C@@H]2CC[C@]2(C)[C@@H](C(=O)COC(=O)CCC)CC[C@@H]32)C1.CCC(=O)[C@H]1CC[C@H]2[C@@H]3CC[C@@H]4C[C@@](O)(C#CCCO)CC[C@@H]4[C@H]3CC[C@]12C.C[C@]12CC[C@H]3[C@@H](CC[C@@H]4C[C@@](O)(C#CCCO)CC[C@@H]43)[C@@H]1CC[C@@H]2C(=O)Cn1nccn1. The zero-order valence-corrected chi connectivity index (χ0v) is 71.7. The number of terminal acetylenes is 2. The second kappa shape index (κ2) is 35.4. The molecule has 15 nitrogen and oxygen atoms in total. The van der Waals surface area contributed by atoms with Crippen LogP contribution >= 0.6 is 0 Å². The van der Waals surface area contributed by atoms with E-state index in [9.17, 15) is 44.4 Å². The lowest BCUT2D eigenvalue weighted by Crippen LogP contribution is -2.51. The molecule has 16 aliphatic rings. The highest BCUT2D eigenvalue weighted by Crippen LogP contribution is 2.70. The lowest BCUT2D eigenvalue weighted by molar-refractivity contribution is -0.151. The highest BCUT2D eigenvalue weighted by molar-refractivity contribution is 5.86. The Morgan fingerprint density at radius 2 is 0.696 bits per heavy atom. The molecule has 1 aromatic heterocycles. The van der Waals surface area contributed by atoms with E-state index >= 15 is 0 Å². The second-order valence-electron chi connectivity index (χ2n) is 42.4. The molecule has 0 aromatic carbocycles. The van der Waals surface area contributed by atoms with E-state index in [1.807, 2.05) is 20.8 Å². The van der Waals surface area contributed by atoms with Crippen LogP contribution in [-0.2, 0) is 35.3 Å². The molecule has 17 rings (SSSR count). The van der Waals surface area contributed by atoms with Crippen molar-refractivity contribution in [3.63, 3.8) is 0 Å². The molecule has 0 radical (unpaired) electrons. The lowest BCUT2D eigenvalue weighted by Gasteiger charge is -2.56. The predicted molar refractivity (Wildman–Crippen MR) is 445 cm³/mol. The quantitative estimate of drug-likeness (QED) is 0.0749. The summed E-state index contributed by atoms with van der Waals surface area (Å²) in [5, 5.41) is 69.4. The average Bonchev–Trinajstić information content (AvgIpc) is 1.71. The van der Waals surface area contributed by atoms with Crippen molar-refractivity contribution in [3.8, 4) is 48.4 Å². The number of ether oxygens (including phenoxy) is 1. The number of aliphatic hydroxyl groups excluding tert-OH is 2. The Hall–Kier alpha value is -4.71. The van der Waals surface area contributed by atoms with Crippen LogP contribution < -0.4 is 0 Å². The number of ketones is 4. The van der Waals surface area contributed by atoms with Crippen LogP contribution in [0, 0.1) is 212 Å². The van der Waals surface area contributed by atoms with Gasteiger partial charge in [-0.15, -0.1) is 12.8 Å². The zero-order valence-electron chi connectivity index (χ0n) is 71.7. The summed E-state index contributed by atoms with van der Waals surface area (Å²) < 4.78 is 5.26. The van der Waals surface area contributed by atoms with Gasteiger partial charge in [0.1, 0.15) is 47.1 Å². The Morgan fingerprint density at radius 1 is 0.391 bits per heavy atom. The van der Waals surface area contributed by atoms with Gasteiger partial charge in [0.25, 0.3) is 0 Å². The largest absolute Gasteiger partial charge is 0.458 e. The van der Waals surface area contributed by atoms with Gasteiger partial charge in [-0.25, -0.2) is 0 Å². The number of carbonyl (C=O) groups excluding carboxylic acids is 5. The zero-order chi connectivity index (χ0) is 81.6. The molecule has 0 spiro atoms. The Morgan fingerprint density at radius 3 is 1.01 bits per heavy atom. The predicted octanol–water partition coefficient (Wildman–Crippen LogP) is 16.7. The van der Waals surface area contributed by atoms with Crippen molar-refractivity contribution in [2.45, 2.75) is 347 Å². The van der Waals surface area contributed by atoms with Gasteiger partial charge in [0, 0.05) is 55.8 Å². The smallest absolute Gasteiger partial charge is 0.306 e. The monoisotopic (exact) mass is 1580 g/mol. The molecule has 16 fully saturated rings. The highest BCUT2D eigenvalue weighted by Gasteiger charge is 2.64. The summed E-state index contributed by atoms with van der Waals surface area (Å²) in [6.07, 6.45) is 57.0. The first-order chi connectivity index (χ1) is 55.1. The number of nitrogens with zero attached hydrogens (tertiary/aromatic N) is 3. The summed E-state index contributed by atoms with van der Waals surface area (Å²) in [6.45, 7) is 16.0. The molecule has 0 aliphatic heterocycles. The minimum atomic E-state index is -0.892. The summed E-state index contributed by atoms with van der Waals surface area (Å²) in [7, 11) is 0.